The fraction of sp³-hybridized carbons (Fsp3) is 0.375. The first-order valence-corrected chi connectivity index (χ1v) is 12.0. The van der Waals surface area contributed by atoms with Gasteiger partial charge in [-0.15, -0.1) is 0 Å². The molecule has 2 aromatic carbocycles. The number of nitrogens with two attached hydrogens (primary N) is 1. The predicted molar refractivity (Wildman–Crippen MR) is 126 cm³/mol. The minimum atomic E-state index is -0.985. The van der Waals surface area contributed by atoms with E-state index in [4.69, 9.17) is 15.5 Å². The summed E-state index contributed by atoms with van der Waals surface area (Å²) in [6, 6.07) is 16.5. The second kappa shape index (κ2) is 8.22. The third kappa shape index (κ3) is 3.93. The first-order valence-electron chi connectivity index (χ1n) is 10.7. The third-order valence-electron chi connectivity index (χ3n) is 6.30. The zero-order chi connectivity index (χ0) is 21.4. The minimum absolute atomic E-state index is 0.00196. The molecule has 3 heterocycles. The number of fused-ring (bicyclic) bond motifs is 2. The molecule has 7 heteroatoms. The molecule has 0 bridgehead atoms. The lowest BCUT2D eigenvalue weighted by Gasteiger charge is -2.40. The first kappa shape index (κ1) is 20.4. The van der Waals surface area contributed by atoms with Crippen LogP contribution >= 0.6 is 0 Å². The quantitative estimate of drug-likeness (QED) is 0.640. The second-order valence-corrected chi connectivity index (χ2v) is 10.2. The summed E-state index contributed by atoms with van der Waals surface area (Å²) in [5, 5.41) is 4.75. The third-order valence-corrected chi connectivity index (χ3v) is 7.75. The summed E-state index contributed by atoms with van der Waals surface area (Å²) in [6.07, 6.45) is 0. The van der Waals surface area contributed by atoms with Crippen molar-refractivity contribution in [2.45, 2.75) is 18.4 Å². The zero-order valence-corrected chi connectivity index (χ0v) is 18.6. The molecule has 1 unspecified atom stereocenters. The van der Waals surface area contributed by atoms with Gasteiger partial charge in [0.1, 0.15) is 5.82 Å². The summed E-state index contributed by atoms with van der Waals surface area (Å²) in [7, 11) is -0.985. The zero-order valence-electron chi connectivity index (χ0n) is 17.8. The Labute approximate surface area is 185 Å². The van der Waals surface area contributed by atoms with E-state index in [1.807, 2.05) is 18.2 Å². The molecule has 1 fully saturated rings. The number of pyridine rings is 1. The van der Waals surface area contributed by atoms with Crippen LogP contribution in [-0.4, -0.2) is 47.8 Å². The van der Waals surface area contributed by atoms with Gasteiger partial charge in [0.25, 0.3) is 0 Å². The van der Waals surface area contributed by atoms with E-state index in [-0.39, 0.29) is 5.41 Å². The van der Waals surface area contributed by atoms with Crippen LogP contribution in [0.15, 0.2) is 53.4 Å². The second-order valence-electron chi connectivity index (χ2n) is 8.68. The highest BCUT2D eigenvalue weighted by molar-refractivity contribution is 7.85. The fourth-order valence-electron chi connectivity index (χ4n) is 4.24. The van der Waals surface area contributed by atoms with Gasteiger partial charge in [0, 0.05) is 59.4 Å². The summed E-state index contributed by atoms with van der Waals surface area (Å²) in [5.41, 5.74) is 10.3. The van der Waals surface area contributed by atoms with Gasteiger partial charge in [0.05, 0.1) is 29.5 Å². The van der Waals surface area contributed by atoms with Gasteiger partial charge < -0.3 is 20.7 Å². The Morgan fingerprint density at radius 2 is 2.06 bits per heavy atom. The van der Waals surface area contributed by atoms with Crippen LogP contribution < -0.4 is 16.0 Å². The topological polar surface area (TPSA) is 80.5 Å². The van der Waals surface area contributed by atoms with Crippen molar-refractivity contribution in [2.75, 3.05) is 48.8 Å². The number of aryl methyl sites for hydroxylation is 1. The SMILES string of the molecule is Cc1ccc2nc(N3CCS(=O)c4ccccc4C3)cc(NCC3(CN)COC3)c2c1. The van der Waals surface area contributed by atoms with Crippen molar-refractivity contribution < 1.29 is 8.95 Å². The maximum Gasteiger partial charge on any atom is 0.131 e. The lowest BCUT2D eigenvalue weighted by molar-refractivity contribution is -0.0979. The lowest BCUT2D eigenvalue weighted by atomic mass is 9.86. The number of ether oxygens (including phenoxy) is 1. The van der Waals surface area contributed by atoms with Gasteiger partial charge in [-0.1, -0.05) is 29.8 Å². The molecule has 162 valence electrons. The summed E-state index contributed by atoms with van der Waals surface area (Å²) in [5.74, 6) is 1.50. The molecule has 1 saturated heterocycles. The van der Waals surface area contributed by atoms with E-state index in [9.17, 15) is 4.21 Å². The molecule has 6 nitrogen and oxygen atoms in total. The largest absolute Gasteiger partial charge is 0.384 e. The first-order chi connectivity index (χ1) is 15.1. The summed E-state index contributed by atoms with van der Waals surface area (Å²) < 4.78 is 18.1. The van der Waals surface area contributed by atoms with Gasteiger partial charge in [0.2, 0.25) is 0 Å². The molecule has 1 atom stereocenters. The van der Waals surface area contributed by atoms with E-state index < -0.39 is 10.8 Å². The number of nitrogens with one attached hydrogen (secondary N) is 1. The van der Waals surface area contributed by atoms with Gasteiger partial charge in [-0.05, 0) is 30.7 Å². The molecule has 0 saturated carbocycles. The van der Waals surface area contributed by atoms with Crippen LogP contribution in [0.25, 0.3) is 10.9 Å². The average Bonchev–Trinajstić information content (AvgIpc) is 2.92. The molecule has 1 aromatic heterocycles. The number of nitrogens with zero attached hydrogens (tertiary/aromatic N) is 2. The molecule has 0 aliphatic carbocycles. The highest BCUT2D eigenvalue weighted by Gasteiger charge is 2.37. The number of hydrogen-bond acceptors (Lipinski definition) is 6. The molecule has 0 radical (unpaired) electrons. The normalized spacial score (nSPS) is 20.1. The van der Waals surface area contributed by atoms with Crippen molar-refractivity contribution in [3.8, 4) is 0 Å². The van der Waals surface area contributed by atoms with Gasteiger partial charge in [0.15, 0.2) is 0 Å². The smallest absolute Gasteiger partial charge is 0.131 e. The van der Waals surface area contributed by atoms with Crippen LogP contribution in [0.1, 0.15) is 11.1 Å². The molecule has 0 spiro atoms. The Morgan fingerprint density at radius 3 is 2.84 bits per heavy atom. The Balaban J connectivity index is 1.52. The van der Waals surface area contributed by atoms with E-state index in [0.29, 0.717) is 38.6 Å². The van der Waals surface area contributed by atoms with Gasteiger partial charge in [-0.3, -0.25) is 4.21 Å². The van der Waals surface area contributed by atoms with Crippen LogP contribution in [0.3, 0.4) is 0 Å². The number of hydrogen-bond donors (Lipinski definition) is 2. The molecule has 2 aliphatic rings. The predicted octanol–water partition coefficient (Wildman–Crippen LogP) is 3.06. The lowest BCUT2D eigenvalue weighted by Crippen LogP contribution is -2.52. The van der Waals surface area contributed by atoms with Crippen molar-refractivity contribution in [3.63, 3.8) is 0 Å². The van der Waals surface area contributed by atoms with Gasteiger partial charge >= 0.3 is 0 Å². The monoisotopic (exact) mass is 436 g/mol. The minimum Gasteiger partial charge on any atom is -0.384 e. The molecule has 3 aromatic rings. The van der Waals surface area contributed by atoms with E-state index >= 15 is 0 Å². The van der Waals surface area contributed by atoms with E-state index in [1.54, 1.807) is 0 Å². The van der Waals surface area contributed by atoms with Gasteiger partial charge in [-0.25, -0.2) is 4.98 Å². The van der Waals surface area contributed by atoms with Crippen molar-refractivity contribution >= 4 is 33.2 Å². The van der Waals surface area contributed by atoms with Crippen LogP contribution in [0.2, 0.25) is 0 Å². The summed E-state index contributed by atoms with van der Waals surface area (Å²) in [4.78, 5) is 8.15. The number of anilines is 2. The standard InChI is InChI=1S/C24H28N4O2S/c1-17-6-7-20-19(10-17)21(26-14-24(13-25)15-30-16-24)11-23(27-20)28-8-9-31(29)22-5-3-2-4-18(22)12-28/h2-7,10-11H,8-9,12-16,25H2,1H3,(H,26,27). The maximum absolute atomic E-state index is 12.7. The van der Waals surface area contributed by atoms with Crippen LogP contribution in [0.5, 0.6) is 0 Å². The van der Waals surface area contributed by atoms with Crippen molar-refractivity contribution in [1.82, 2.24) is 4.98 Å². The molecule has 5 rings (SSSR count). The van der Waals surface area contributed by atoms with Gasteiger partial charge in [-0.2, -0.15) is 0 Å². The van der Waals surface area contributed by atoms with E-state index in [0.717, 1.165) is 39.4 Å². The summed E-state index contributed by atoms with van der Waals surface area (Å²) >= 11 is 0. The molecular formula is C24H28N4O2S. The molecular weight excluding hydrogens is 408 g/mol. The van der Waals surface area contributed by atoms with Crippen LogP contribution in [0, 0.1) is 12.3 Å². The number of benzene rings is 2. The highest BCUT2D eigenvalue weighted by Crippen LogP contribution is 2.33. The Hall–Kier alpha value is -2.48. The molecule has 0 amide bonds. The van der Waals surface area contributed by atoms with Crippen molar-refractivity contribution in [1.29, 1.82) is 0 Å². The number of aromatic nitrogens is 1. The Morgan fingerprint density at radius 1 is 1.23 bits per heavy atom. The highest BCUT2D eigenvalue weighted by atomic mass is 32.2. The Bertz CT molecular complexity index is 1140. The van der Waals surface area contributed by atoms with Crippen LogP contribution in [0.4, 0.5) is 11.5 Å². The van der Waals surface area contributed by atoms with Crippen LogP contribution in [-0.2, 0) is 22.1 Å². The Kier molecular flexibility index (Phi) is 5.42. The molecule has 3 N–H and O–H groups in total. The maximum atomic E-state index is 12.7. The summed E-state index contributed by atoms with van der Waals surface area (Å²) in [6.45, 7) is 6.25. The van der Waals surface area contributed by atoms with E-state index in [1.165, 1.54) is 5.56 Å². The van der Waals surface area contributed by atoms with Crippen molar-refractivity contribution in [2.24, 2.45) is 11.1 Å². The molecule has 2 aliphatic heterocycles. The van der Waals surface area contributed by atoms with E-state index in [2.05, 4.69) is 47.5 Å². The average molecular weight is 437 g/mol. The number of rotatable bonds is 5. The van der Waals surface area contributed by atoms with Crippen molar-refractivity contribution in [3.05, 3.63) is 59.7 Å². The fourth-order valence-corrected chi connectivity index (χ4v) is 5.50. The molecule has 31 heavy (non-hydrogen) atoms.